The zero-order valence-corrected chi connectivity index (χ0v) is 16.4. The standard InChI is InChI=1S/C18H20ClN3O3S/c1-4-13-10(2)20-18-22(17(13)24)8-11(9-26-18)16(23)21-14-7-12(19)5-6-15(14)25-3/h5-7,11H,4,8-9H2,1-3H3,(H,21,23). The maximum absolute atomic E-state index is 12.7. The molecule has 8 heteroatoms. The number of halogens is 1. The van der Waals surface area contributed by atoms with Gasteiger partial charge in [-0.1, -0.05) is 30.3 Å². The summed E-state index contributed by atoms with van der Waals surface area (Å²) in [6, 6.07) is 5.05. The number of amides is 1. The van der Waals surface area contributed by atoms with Crippen LogP contribution < -0.4 is 15.6 Å². The van der Waals surface area contributed by atoms with E-state index >= 15 is 0 Å². The van der Waals surface area contributed by atoms with Crippen LogP contribution in [0.2, 0.25) is 5.02 Å². The molecule has 2 heterocycles. The molecule has 1 amide bonds. The Bertz CT molecular complexity index is 913. The van der Waals surface area contributed by atoms with Crippen molar-refractivity contribution in [3.63, 3.8) is 0 Å². The molecule has 0 fully saturated rings. The van der Waals surface area contributed by atoms with E-state index in [1.807, 2.05) is 13.8 Å². The molecule has 0 bridgehead atoms. The van der Waals surface area contributed by atoms with Crippen LogP contribution in [0.5, 0.6) is 5.75 Å². The average molecular weight is 394 g/mol. The van der Waals surface area contributed by atoms with Crippen LogP contribution >= 0.6 is 23.4 Å². The summed E-state index contributed by atoms with van der Waals surface area (Å²) in [5.41, 5.74) is 1.93. The molecule has 0 aliphatic carbocycles. The molecular weight excluding hydrogens is 374 g/mol. The molecule has 1 atom stereocenters. The van der Waals surface area contributed by atoms with E-state index in [2.05, 4.69) is 10.3 Å². The highest BCUT2D eigenvalue weighted by atomic mass is 35.5. The summed E-state index contributed by atoms with van der Waals surface area (Å²) >= 11 is 7.44. The van der Waals surface area contributed by atoms with Gasteiger partial charge < -0.3 is 10.1 Å². The fourth-order valence-electron chi connectivity index (χ4n) is 2.97. The average Bonchev–Trinajstić information content (AvgIpc) is 2.62. The lowest BCUT2D eigenvalue weighted by Crippen LogP contribution is -2.38. The summed E-state index contributed by atoms with van der Waals surface area (Å²) in [4.78, 5) is 29.9. The van der Waals surface area contributed by atoms with Gasteiger partial charge in [-0.3, -0.25) is 14.2 Å². The zero-order valence-electron chi connectivity index (χ0n) is 14.8. The van der Waals surface area contributed by atoms with Crippen molar-refractivity contribution in [2.45, 2.75) is 32.0 Å². The first-order valence-electron chi connectivity index (χ1n) is 8.32. The van der Waals surface area contributed by atoms with Gasteiger partial charge in [-0.05, 0) is 31.5 Å². The quantitative estimate of drug-likeness (QED) is 0.808. The molecule has 1 aromatic heterocycles. The van der Waals surface area contributed by atoms with Crippen molar-refractivity contribution >= 4 is 35.0 Å². The van der Waals surface area contributed by atoms with Gasteiger partial charge in [0.15, 0.2) is 5.16 Å². The van der Waals surface area contributed by atoms with Crippen LogP contribution in [0.4, 0.5) is 5.69 Å². The van der Waals surface area contributed by atoms with Gasteiger partial charge in [0.25, 0.3) is 5.56 Å². The van der Waals surface area contributed by atoms with E-state index in [9.17, 15) is 9.59 Å². The van der Waals surface area contributed by atoms with Gasteiger partial charge in [-0.15, -0.1) is 0 Å². The van der Waals surface area contributed by atoms with Crippen molar-refractivity contribution in [2.75, 3.05) is 18.2 Å². The highest BCUT2D eigenvalue weighted by Crippen LogP contribution is 2.30. The third-order valence-electron chi connectivity index (χ3n) is 4.39. The van der Waals surface area contributed by atoms with Crippen LogP contribution in [0.15, 0.2) is 28.2 Å². The van der Waals surface area contributed by atoms with Crippen LogP contribution in [-0.2, 0) is 17.8 Å². The van der Waals surface area contributed by atoms with E-state index in [1.54, 1.807) is 22.8 Å². The molecule has 26 heavy (non-hydrogen) atoms. The molecule has 0 saturated carbocycles. The molecule has 1 aliphatic heterocycles. The number of carbonyl (C=O) groups excluding carboxylic acids is 1. The maximum atomic E-state index is 12.7. The monoisotopic (exact) mass is 393 g/mol. The number of nitrogens with one attached hydrogen (secondary N) is 1. The predicted octanol–water partition coefficient (Wildman–Crippen LogP) is 3.14. The molecule has 1 N–H and O–H groups in total. The Balaban J connectivity index is 1.84. The van der Waals surface area contributed by atoms with E-state index in [1.165, 1.54) is 18.9 Å². The SMILES string of the molecule is CCc1c(C)nc2n(c1=O)CC(C(=O)Nc1cc(Cl)ccc1OC)CS2. The Morgan fingerprint density at radius 3 is 2.96 bits per heavy atom. The minimum Gasteiger partial charge on any atom is -0.495 e. The summed E-state index contributed by atoms with van der Waals surface area (Å²) in [6.07, 6.45) is 0.624. The first-order valence-corrected chi connectivity index (χ1v) is 9.68. The normalized spacial score (nSPS) is 16.1. The third kappa shape index (κ3) is 3.59. The molecule has 2 aromatic rings. The van der Waals surface area contributed by atoms with Crippen molar-refractivity contribution in [3.05, 3.63) is 44.8 Å². The van der Waals surface area contributed by atoms with Crippen molar-refractivity contribution in [1.82, 2.24) is 9.55 Å². The number of fused-ring (bicyclic) bond motifs is 1. The van der Waals surface area contributed by atoms with Gasteiger partial charge in [-0.2, -0.15) is 0 Å². The number of carbonyl (C=O) groups is 1. The Hall–Kier alpha value is -1.99. The number of rotatable bonds is 4. The molecule has 0 saturated heterocycles. The summed E-state index contributed by atoms with van der Waals surface area (Å²) in [6.45, 7) is 4.10. The first kappa shape index (κ1) is 18.8. The summed E-state index contributed by atoms with van der Waals surface area (Å²) in [5.74, 6) is 0.582. The molecule has 6 nitrogen and oxygen atoms in total. The van der Waals surface area contributed by atoms with E-state index in [-0.39, 0.29) is 17.4 Å². The van der Waals surface area contributed by atoms with Crippen molar-refractivity contribution in [3.8, 4) is 5.75 Å². The number of hydrogen-bond acceptors (Lipinski definition) is 5. The second-order valence-electron chi connectivity index (χ2n) is 6.07. The van der Waals surface area contributed by atoms with Crippen LogP contribution in [0.1, 0.15) is 18.2 Å². The summed E-state index contributed by atoms with van der Waals surface area (Å²) in [7, 11) is 1.53. The van der Waals surface area contributed by atoms with Gasteiger partial charge in [0.1, 0.15) is 5.75 Å². The van der Waals surface area contributed by atoms with Gasteiger partial charge in [0.2, 0.25) is 5.91 Å². The highest BCUT2D eigenvalue weighted by molar-refractivity contribution is 7.99. The Morgan fingerprint density at radius 2 is 2.27 bits per heavy atom. The summed E-state index contributed by atoms with van der Waals surface area (Å²) < 4.78 is 6.87. The van der Waals surface area contributed by atoms with E-state index in [0.29, 0.717) is 45.9 Å². The molecule has 0 spiro atoms. The number of aryl methyl sites for hydroxylation is 1. The minimum absolute atomic E-state index is 0.0552. The minimum atomic E-state index is -0.344. The van der Waals surface area contributed by atoms with E-state index in [0.717, 1.165) is 5.69 Å². The number of aromatic nitrogens is 2. The number of methoxy groups -OCH3 is 1. The number of ether oxygens (including phenoxy) is 1. The van der Waals surface area contributed by atoms with Crippen LogP contribution in [0.3, 0.4) is 0 Å². The molecule has 0 radical (unpaired) electrons. The van der Waals surface area contributed by atoms with E-state index < -0.39 is 0 Å². The lowest BCUT2D eigenvalue weighted by molar-refractivity contribution is -0.119. The van der Waals surface area contributed by atoms with E-state index in [4.69, 9.17) is 16.3 Å². The van der Waals surface area contributed by atoms with Gasteiger partial charge in [0, 0.05) is 28.6 Å². The van der Waals surface area contributed by atoms with Crippen molar-refractivity contribution < 1.29 is 9.53 Å². The van der Waals surface area contributed by atoms with Gasteiger partial charge >= 0.3 is 0 Å². The Kier molecular flexibility index (Phi) is 5.58. The zero-order chi connectivity index (χ0) is 18.8. The van der Waals surface area contributed by atoms with Crippen molar-refractivity contribution in [1.29, 1.82) is 0 Å². The lowest BCUT2D eigenvalue weighted by atomic mass is 10.1. The van der Waals surface area contributed by atoms with Crippen LogP contribution in [0, 0.1) is 12.8 Å². The fourth-order valence-corrected chi connectivity index (χ4v) is 4.27. The smallest absolute Gasteiger partial charge is 0.257 e. The molecule has 138 valence electrons. The van der Waals surface area contributed by atoms with Crippen molar-refractivity contribution in [2.24, 2.45) is 5.92 Å². The predicted molar refractivity (Wildman–Crippen MR) is 103 cm³/mol. The number of thioether (sulfide) groups is 1. The molecule has 1 unspecified atom stereocenters. The largest absolute Gasteiger partial charge is 0.495 e. The fraction of sp³-hybridized carbons (Fsp3) is 0.389. The van der Waals surface area contributed by atoms with Crippen LogP contribution in [-0.4, -0.2) is 28.3 Å². The number of anilines is 1. The third-order valence-corrected chi connectivity index (χ3v) is 5.77. The first-order chi connectivity index (χ1) is 12.4. The van der Waals surface area contributed by atoms with Gasteiger partial charge in [0.05, 0.1) is 18.7 Å². The molecule has 3 rings (SSSR count). The topological polar surface area (TPSA) is 73.2 Å². The summed E-state index contributed by atoms with van der Waals surface area (Å²) in [5, 5.41) is 4.05. The Morgan fingerprint density at radius 1 is 1.50 bits per heavy atom. The molecule has 1 aromatic carbocycles. The number of hydrogen-bond donors (Lipinski definition) is 1. The lowest BCUT2D eigenvalue weighted by Gasteiger charge is -2.25. The van der Waals surface area contributed by atoms with Gasteiger partial charge in [-0.25, -0.2) is 4.98 Å². The Labute approximate surface area is 160 Å². The van der Waals surface area contributed by atoms with Crippen LogP contribution in [0.25, 0.3) is 0 Å². The second-order valence-corrected chi connectivity index (χ2v) is 7.49. The highest BCUT2D eigenvalue weighted by Gasteiger charge is 2.28. The second kappa shape index (κ2) is 7.72. The molecule has 1 aliphatic rings. The number of nitrogens with zero attached hydrogens (tertiary/aromatic N) is 2. The number of benzene rings is 1. The molecular formula is C18H20ClN3O3S. The maximum Gasteiger partial charge on any atom is 0.257 e.